The lowest BCUT2D eigenvalue weighted by atomic mass is 9.98. The predicted molar refractivity (Wildman–Crippen MR) is 77.3 cm³/mol. The molecule has 110 valence electrons. The van der Waals surface area contributed by atoms with Crippen LogP contribution in [0.2, 0.25) is 0 Å². The van der Waals surface area contributed by atoms with E-state index >= 15 is 0 Å². The maximum Gasteiger partial charge on any atom is 0.0613 e. The molecular formula is C15H29N3O. The summed E-state index contributed by atoms with van der Waals surface area (Å²) in [5.74, 6) is 0. The van der Waals surface area contributed by atoms with Crippen molar-refractivity contribution in [2.45, 2.75) is 56.7 Å². The molecule has 3 rings (SSSR count). The number of piperazine rings is 1. The van der Waals surface area contributed by atoms with Gasteiger partial charge in [0.05, 0.1) is 6.61 Å². The molecule has 3 fully saturated rings. The van der Waals surface area contributed by atoms with Gasteiger partial charge < -0.3 is 10.4 Å². The van der Waals surface area contributed by atoms with E-state index in [0.717, 1.165) is 25.4 Å². The summed E-state index contributed by atoms with van der Waals surface area (Å²) in [6, 6.07) is 1.61. The third kappa shape index (κ3) is 2.97. The van der Waals surface area contributed by atoms with E-state index in [1.54, 1.807) is 0 Å². The van der Waals surface area contributed by atoms with Gasteiger partial charge in [-0.1, -0.05) is 6.92 Å². The highest BCUT2D eigenvalue weighted by molar-refractivity contribution is 5.00. The first-order chi connectivity index (χ1) is 9.26. The van der Waals surface area contributed by atoms with Crippen LogP contribution < -0.4 is 5.32 Å². The Morgan fingerprint density at radius 2 is 1.68 bits per heavy atom. The number of nitrogens with one attached hydrogen (secondary N) is 1. The van der Waals surface area contributed by atoms with Gasteiger partial charge in [0.1, 0.15) is 0 Å². The molecule has 0 amide bonds. The molecule has 4 nitrogen and oxygen atoms in total. The molecule has 0 radical (unpaired) electrons. The number of hydrogen-bond acceptors (Lipinski definition) is 4. The average Bonchev–Trinajstić information content (AvgIpc) is 3.21. The Balaban J connectivity index is 1.50. The molecule has 2 atom stereocenters. The van der Waals surface area contributed by atoms with Gasteiger partial charge in [-0.05, 0) is 38.6 Å². The fourth-order valence-corrected chi connectivity index (χ4v) is 4.05. The van der Waals surface area contributed by atoms with Crippen LogP contribution in [0.25, 0.3) is 0 Å². The molecule has 2 N–H and O–H groups in total. The second kappa shape index (κ2) is 5.68. The summed E-state index contributed by atoms with van der Waals surface area (Å²) in [6.07, 6.45) is 6.36. The molecule has 1 saturated heterocycles. The van der Waals surface area contributed by atoms with Crippen LogP contribution in [-0.2, 0) is 0 Å². The summed E-state index contributed by atoms with van der Waals surface area (Å²) in [6.45, 7) is 8.37. The molecule has 0 aromatic rings. The van der Waals surface area contributed by atoms with Crippen LogP contribution in [-0.4, -0.2) is 71.9 Å². The van der Waals surface area contributed by atoms with E-state index in [1.807, 2.05) is 0 Å². The van der Waals surface area contributed by atoms with Crippen molar-refractivity contribution in [2.24, 2.45) is 0 Å². The van der Waals surface area contributed by atoms with Gasteiger partial charge in [0.25, 0.3) is 0 Å². The second-order valence-electron chi connectivity index (χ2n) is 6.67. The van der Waals surface area contributed by atoms with E-state index in [1.165, 1.54) is 45.4 Å². The summed E-state index contributed by atoms with van der Waals surface area (Å²) in [7, 11) is 0. The minimum absolute atomic E-state index is 0.00699. The molecule has 1 aliphatic heterocycles. The number of rotatable bonds is 5. The smallest absolute Gasteiger partial charge is 0.0613 e. The van der Waals surface area contributed by atoms with Crippen LogP contribution in [0.4, 0.5) is 0 Å². The standard InChI is InChI=1S/C15H29N3O/c1-2-16-15(12-19)6-5-14(11-15)18-9-7-17(8-10-18)13-3-4-13/h13-14,16,19H,2-12H2,1H3. The minimum Gasteiger partial charge on any atom is -0.394 e. The van der Waals surface area contributed by atoms with Gasteiger partial charge in [0, 0.05) is 43.8 Å². The van der Waals surface area contributed by atoms with E-state index < -0.39 is 0 Å². The van der Waals surface area contributed by atoms with Crippen LogP contribution in [0, 0.1) is 0 Å². The fourth-order valence-electron chi connectivity index (χ4n) is 4.05. The topological polar surface area (TPSA) is 38.7 Å². The van der Waals surface area contributed by atoms with Crippen molar-refractivity contribution in [3.63, 3.8) is 0 Å². The molecule has 2 saturated carbocycles. The normalized spacial score (nSPS) is 37.9. The molecule has 2 unspecified atom stereocenters. The van der Waals surface area contributed by atoms with Crippen molar-refractivity contribution in [3.05, 3.63) is 0 Å². The van der Waals surface area contributed by atoms with Crippen molar-refractivity contribution >= 4 is 0 Å². The Morgan fingerprint density at radius 3 is 2.21 bits per heavy atom. The molecule has 2 aliphatic carbocycles. The van der Waals surface area contributed by atoms with Crippen LogP contribution in [0.1, 0.15) is 39.0 Å². The van der Waals surface area contributed by atoms with Gasteiger partial charge in [-0.2, -0.15) is 0 Å². The maximum atomic E-state index is 9.70. The molecule has 0 spiro atoms. The SMILES string of the molecule is CCNC1(CO)CCC(N2CCN(C3CC3)CC2)C1. The van der Waals surface area contributed by atoms with Crippen LogP contribution >= 0.6 is 0 Å². The number of likely N-dealkylation sites (N-methyl/N-ethyl adjacent to an activating group) is 1. The first-order valence-corrected chi connectivity index (χ1v) is 8.10. The third-order valence-corrected chi connectivity index (χ3v) is 5.37. The number of nitrogens with zero attached hydrogens (tertiary/aromatic N) is 2. The maximum absolute atomic E-state index is 9.70. The Bertz CT molecular complexity index is 300. The Morgan fingerprint density at radius 1 is 1.05 bits per heavy atom. The van der Waals surface area contributed by atoms with Gasteiger partial charge in [-0.3, -0.25) is 9.80 Å². The highest BCUT2D eigenvalue weighted by Crippen LogP contribution is 2.34. The van der Waals surface area contributed by atoms with Crippen LogP contribution in [0.5, 0.6) is 0 Å². The number of hydrogen-bond donors (Lipinski definition) is 2. The van der Waals surface area contributed by atoms with Gasteiger partial charge in [-0.25, -0.2) is 0 Å². The Labute approximate surface area is 117 Å². The molecule has 0 bridgehead atoms. The van der Waals surface area contributed by atoms with Crippen molar-refractivity contribution in [1.82, 2.24) is 15.1 Å². The molecule has 0 aromatic carbocycles. The molecule has 19 heavy (non-hydrogen) atoms. The van der Waals surface area contributed by atoms with E-state index in [-0.39, 0.29) is 5.54 Å². The summed E-state index contributed by atoms with van der Waals surface area (Å²) in [5, 5.41) is 13.2. The Kier molecular flexibility index (Phi) is 4.13. The quantitative estimate of drug-likeness (QED) is 0.767. The summed E-state index contributed by atoms with van der Waals surface area (Å²) < 4.78 is 0. The van der Waals surface area contributed by atoms with Gasteiger partial charge >= 0.3 is 0 Å². The van der Waals surface area contributed by atoms with Gasteiger partial charge in [0.2, 0.25) is 0 Å². The average molecular weight is 267 g/mol. The van der Waals surface area contributed by atoms with Crippen molar-refractivity contribution < 1.29 is 5.11 Å². The Hall–Kier alpha value is -0.160. The van der Waals surface area contributed by atoms with E-state index in [2.05, 4.69) is 22.0 Å². The van der Waals surface area contributed by atoms with Crippen molar-refractivity contribution in [1.29, 1.82) is 0 Å². The van der Waals surface area contributed by atoms with Crippen LogP contribution in [0.3, 0.4) is 0 Å². The van der Waals surface area contributed by atoms with Gasteiger partial charge in [0.15, 0.2) is 0 Å². The first-order valence-electron chi connectivity index (χ1n) is 8.10. The lowest BCUT2D eigenvalue weighted by Gasteiger charge is -2.39. The zero-order chi connectivity index (χ0) is 13.3. The van der Waals surface area contributed by atoms with E-state index in [9.17, 15) is 5.11 Å². The van der Waals surface area contributed by atoms with E-state index in [0.29, 0.717) is 12.6 Å². The third-order valence-electron chi connectivity index (χ3n) is 5.37. The highest BCUT2D eigenvalue weighted by Gasteiger charge is 2.41. The molecule has 3 aliphatic rings. The number of aliphatic hydroxyl groups is 1. The van der Waals surface area contributed by atoms with Crippen molar-refractivity contribution in [2.75, 3.05) is 39.3 Å². The lowest BCUT2D eigenvalue weighted by Crippen LogP contribution is -2.52. The summed E-state index contributed by atoms with van der Waals surface area (Å²) in [5.41, 5.74) is 0.00699. The second-order valence-corrected chi connectivity index (χ2v) is 6.67. The van der Waals surface area contributed by atoms with Crippen molar-refractivity contribution in [3.8, 4) is 0 Å². The van der Waals surface area contributed by atoms with E-state index in [4.69, 9.17) is 0 Å². The fraction of sp³-hybridized carbons (Fsp3) is 1.00. The summed E-state index contributed by atoms with van der Waals surface area (Å²) >= 11 is 0. The molecular weight excluding hydrogens is 238 g/mol. The highest BCUT2D eigenvalue weighted by atomic mass is 16.3. The molecule has 4 heteroatoms. The largest absolute Gasteiger partial charge is 0.394 e. The predicted octanol–water partition coefficient (Wildman–Crippen LogP) is 0.660. The zero-order valence-corrected chi connectivity index (χ0v) is 12.3. The monoisotopic (exact) mass is 267 g/mol. The molecule has 0 aromatic heterocycles. The zero-order valence-electron chi connectivity index (χ0n) is 12.3. The van der Waals surface area contributed by atoms with Crippen LogP contribution in [0.15, 0.2) is 0 Å². The molecule has 1 heterocycles. The number of aliphatic hydroxyl groups excluding tert-OH is 1. The minimum atomic E-state index is 0.00699. The lowest BCUT2D eigenvalue weighted by molar-refractivity contribution is 0.0846. The summed E-state index contributed by atoms with van der Waals surface area (Å²) in [4.78, 5) is 5.35. The first kappa shape index (κ1) is 13.8. The van der Waals surface area contributed by atoms with Gasteiger partial charge in [-0.15, -0.1) is 0 Å².